The lowest BCUT2D eigenvalue weighted by atomic mass is 9.86. The molecule has 0 spiro atoms. The molecule has 1 aromatic carbocycles. The van der Waals surface area contributed by atoms with Crippen LogP contribution in [0.5, 0.6) is 5.75 Å². The first-order valence-corrected chi connectivity index (χ1v) is 12.3. The summed E-state index contributed by atoms with van der Waals surface area (Å²) in [5.41, 5.74) is 1.82. The molecule has 0 atom stereocenters. The minimum Gasteiger partial charge on any atom is -0.508 e. The van der Waals surface area contributed by atoms with E-state index in [1.54, 1.807) is 30.6 Å². The number of benzene rings is 1. The Bertz CT molecular complexity index is 1110. The lowest BCUT2D eigenvalue weighted by Crippen LogP contribution is -2.38. The Labute approximate surface area is 182 Å². The summed E-state index contributed by atoms with van der Waals surface area (Å²) in [6, 6.07) is 9.17. The van der Waals surface area contributed by atoms with Crippen molar-refractivity contribution in [3.8, 4) is 5.75 Å². The van der Waals surface area contributed by atoms with Crippen LogP contribution in [0.15, 0.2) is 42.9 Å². The number of phenolic OH excluding ortho intramolecular Hbond substituents is 1. The molecule has 0 amide bonds. The standard InChI is InChI=1S/C22H29N5O3S/c1-27(22-20-11-12-23-21(20)24-15-25-22)18-6-2-17(3-7-18)14-31(29,30)26-13-10-16-4-8-19(28)9-5-16/h4-5,8-9,11-12,15,17-18,26,28H,2-3,6-7,10,13-14H2,1H3,(H,23,24,25)/t17-,18-. The highest BCUT2D eigenvalue weighted by Crippen LogP contribution is 2.31. The van der Waals surface area contributed by atoms with Gasteiger partial charge in [-0.3, -0.25) is 0 Å². The fourth-order valence-electron chi connectivity index (χ4n) is 4.39. The first-order chi connectivity index (χ1) is 14.9. The zero-order valence-corrected chi connectivity index (χ0v) is 18.5. The van der Waals surface area contributed by atoms with E-state index in [4.69, 9.17) is 0 Å². The molecule has 3 aromatic rings. The number of hydrogen-bond donors (Lipinski definition) is 3. The average molecular weight is 444 g/mol. The van der Waals surface area contributed by atoms with Crippen molar-refractivity contribution in [3.63, 3.8) is 0 Å². The van der Waals surface area contributed by atoms with Gasteiger partial charge in [-0.25, -0.2) is 23.1 Å². The number of H-pyrrole nitrogens is 1. The predicted octanol–water partition coefficient (Wildman–Crippen LogP) is 2.82. The van der Waals surface area contributed by atoms with E-state index in [2.05, 4.69) is 31.6 Å². The van der Waals surface area contributed by atoms with E-state index < -0.39 is 10.0 Å². The van der Waals surface area contributed by atoms with Gasteiger partial charge in [0, 0.05) is 25.8 Å². The highest BCUT2D eigenvalue weighted by atomic mass is 32.2. The van der Waals surface area contributed by atoms with Crippen LogP contribution in [0.4, 0.5) is 5.82 Å². The fraction of sp³-hybridized carbons (Fsp3) is 0.455. The summed E-state index contributed by atoms with van der Waals surface area (Å²) in [5.74, 6) is 1.48. The largest absolute Gasteiger partial charge is 0.508 e. The Hall–Kier alpha value is -2.65. The Morgan fingerprint density at radius 3 is 2.61 bits per heavy atom. The molecule has 1 aliphatic rings. The molecule has 0 aliphatic heterocycles. The van der Waals surface area contributed by atoms with E-state index >= 15 is 0 Å². The Balaban J connectivity index is 1.26. The van der Waals surface area contributed by atoms with E-state index in [1.807, 2.05) is 12.3 Å². The third-order valence-corrected chi connectivity index (χ3v) is 7.71. The summed E-state index contributed by atoms with van der Waals surface area (Å²) in [5, 5.41) is 10.3. The second-order valence-corrected chi connectivity index (χ2v) is 10.2. The first-order valence-electron chi connectivity index (χ1n) is 10.7. The Kier molecular flexibility index (Phi) is 6.43. The summed E-state index contributed by atoms with van der Waals surface area (Å²) < 4.78 is 27.8. The maximum atomic E-state index is 12.5. The monoisotopic (exact) mass is 443 g/mol. The highest BCUT2D eigenvalue weighted by molar-refractivity contribution is 7.89. The molecule has 2 aromatic heterocycles. The molecule has 2 heterocycles. The third-order valence-electron chi connectivity index (χ3n) is 6.16. The van der Waals surface area contributed by atoms with Crippen molar-refractivity contribution in [3.05, 3.63) is 48.4 Å². The molecule has 8 nitrogen and oxygen atoms in total. The maximum Gasteiger partial charge on any atom is 0.211 e. The van der Waals surface area contributed by atoms with Crippen LogP contribution in [-0.2, 0) is 16.4 Å². The molecule has 1 fully saturated rings. The minimum atomic E-state index is -3.31. The maximum absolute atomic E-state index is 12.5. The Morgan fingerprint density at radius 1 is 1.13 bits per heavy atom. The van der Waals surface area contributed by atoms with Crippen molar-refractivity contribution < 1.29 is 13.5 Å². The molecule has 0 unspecified atom stereocenters. The van der Waals surface area contributed by atoms with E-state index in [1.165, 1.54) is 0 Å². The quantitative estimate of drug-likeness (QED) is 0.494. The number of anilines is 1. The second kappa shape index (κ2) is 9.23. The van der Waals surface area contributed by atoms with Gasteiger partial charge in [0.05, 0.1) is 11.1 Å². The molecule has 166 valence electrons. The second-order valence-electron chi connectivity index (χ2n) is 8.31. The number of nitrogens with zero attached hydrogens (tertiary/aromatic N) is 3. The van der Waals surface area contributed by atoms with Crippen LogP contribution in [-0.4, -0.2) is 53.9 Å². The summed E-state index contributed by atoms with van der Waals surface area (Å²) in [7, 11) is -1.25. The number of nitrogens with one attached hydrogen (secondary N) is 2. The van der Waals surface area contributed by atoms with Crippen LogP contribution < -0.4 is 9.62 Å². The van der Waals surface area contributed by atoms with Crippen LogP contribution in [0, 0.1) is 5.92 Å². The zero-order chi connectivity index (χ0) is 21.8. The van der Waals surface area contributed by atoms with Crippen LogP contribution in [0.1, 0.15) is 31.2 Å². The van der Waals surface area contributed by atoms with Crippen LogP contribution in [0.25, 0.3) is 11.0 Å². The van der Waals surface area contributed by atoms with Gasteiger partial charge in [0.25, 0.3) is 0 Å². The topological polar surface area (TPSA) is 111 Å². The molecule has 0 bridgehead atoms. The molecule has 0 radical (unpaired) electrons. The minimum absolute atomic E-state index is 0.175. The summed E-state index contributed by atoms with van der Waals surface area (Å²) >= 11 is 0. The van der Waals surface area contributed by atoms with Crippen LogP contribution in [0.2, 0.25) is 0 Å². The number of rotatable bonds is 8. The van der Waals surface area contributed by atoms with Crippen molar-refractivity contribution in [1.82, 2.24) is 19.7 Å². The van der Waals surface area contributed by atoms with Crippen molar-refractivity contribution >= 4 is 26.9 Å². The Morgan fingerprint density at radius 2 is 1.87 bits per heavy atom. The van der Waals surface area contributed by atoms with Gasteiger partial charge in [-0.2, -0.15) is 0 Å². The molecule has 3 N–H and O–H groups in total. The highest BCUT2D eigenvalue weighted by Gasteiger charge is 2.28. The predicted molar refractivity (Wildman–Crippen MR) is 122 cm³/mol. The van der Waals surface area contributed by atoms with E-state index in [0.717, 1.165) is 48.1 Å². The molecule has 1 saturated carbocycles. The first kappa shape index (κ1) is 21.6. The fourth-order valence-corrected chi connectivity index (χ4v) is 5.88. The van der Waals surface area contributed by atoms with E-state index in [-0.39, 0.29) is 17.4 Å². The van der Waals surface area contributed by atoms with Crippen molar-refractivity contribution in [2.45, 2.75) is 38.1 Å². The van der Waals surface area contributed by atoms with E-state index in [9.17, 15) is 13.5 Å². The number of aromatic amines is 1. The van der Waals surface area contributed by atoms with Crippen LogP contribution >= 0.6 is 0 Å². The molecular weight excluding hydrogens is 414 g/mol. The van der Waals surface area contributed by atoms with Gasteiger partial charge in [-0.15, -0.1) is 0 Å². The number of fused-ring (bicyclic) bond motifs is 1. The van der Waals surface area contributed by atoms with Gasteiger partial charge in [0.15, 0.2) is 0 Å². The van der Waals surface area contributed by atoms with Crippen molar-refractivity contribution in [1.29, 1.82) is 0 Å². The van der Waals surface area contributed by atoms with Gasteiger partial charge in [-0.1, -0.05) is 12.1 Å². The number of phenols is 1. The molecule has 9 heteroatoms. The molecule has 0 saturated heterocycles. The summed E-state index contributed by atoms with van der Waals surface area (Å²) in [6.45, 7) is 0.367. The third kappa shape index (κ3) is 5.34. The van der Waals surface area contributed by atoms with E-state index in [0.29, 0.717) is 19.0 Å². The normalized spacial score (nSPS) is 19.5. The van der Waals surface area contributed by atoms with Gasteiger partial charge in [0.2, 0.25) is 10.0 Å². The molecular formula is C22H29N5O3S. The smallest absolute Gasteiger partial charge is 0.211 e. The van der Waals surface area contributed by atoms with Gasteiger partial charge in [-0.05, 0) is 61.8 Å². The zero-order valence-electron chi connectivity index (χ0n) is 17.7. The van der Waals surface area contributed by atoms with Gasteiger partial charge < -0.3 is 15.0 Å². The number of hydrogen-bond acceptors (Lipinski definition) is 6. The van der Waals surface area contributed by atoms with Gasteiger partial charge >= 0.3 is 0 Å². The lowest BCUT2D eigenvalue weighted by molar-refractivity contribution is 0.340. The number of aromatic nitrogens is 3. The average Bonchev–Trinajstić information content (AvgIpc) is 3.24. The van der Waals surface area contributed by atoms with Crippen molar-refractivity contribution in [2.24, 2.45) is 5.92 Å². The lowest BCUT2D eigenvalue weighted by Gasteiger charge is -2.35. The molecule has 31 heavy (non-hydrogen) atoms. The summed E-state index contributed by atoms with van der Waals surface area (Å²) in [4.78, 5) is 14.0. The SMILES string of the molecule is CN(c1ncnc2[nH]ccc12)[C@H]1CC[C@H](CS(=O)(=O)NCCc2ccc(O)cc2)CC1. The summed E-state index contributed by atoms with van der Waals surface area (Å²) in [6.07, 6.45) is 7.70. The van der Waals surface area contributed by atoms with Gasteiger partial charge in [0.1, 0.15) is 23.5 Å². The molecule has 1 aliphatic carbocycles. The molecule has 4 rings (SSSR count). The number of aromatic hydroxyl groups is 1. The number of sulfonamides is 1. The van der Waals surface area contributed by atoms with Crippen LogP contribution in [0.3, 0.4) is 0 Å². The van der Waals surface area contributed by atoms with Crippen molar-refractivity contribution in [2.75, 3.05) is 24.2 Å².